The van der Waals surface area contributed by atoms with Crippen molar-refractivity contribution in [1.29, 1.82) is 0 Å². The number of rotatable bonds is 4. The number of aliphatic hydroxyl groups is 1. The van der Waals surface area contributed by atoms with E-state index in [-0.39, 0.29) is 17.6 Å². The van der Waals surface area contributed by atoms with Crippen LogP contribution in [-0.2, 0) is 0 Å². The Morgan fingerprint density at radius 1 is 1.30 bits per heavy atom. The molecule has 20 heavy (non-hydrogen) atoms. The van der Waals surface area contributed by atoms with Gasteiger partial charge in [0, 0.05) is 29.5 Å². The zero-order chi connectivity index (χ0) is 14.2. The molecule has 1 heterocycles. The minimum absolute atomic E-state index is 0.0843. The third kappa shape index (κ3) is 1.97. The van der Waals surface area contributed by atoms with Gasteiger partial charge in [0.2, 0.25) is 0 Å². The lowest BCUT2D eigenvalue weighted by atomic mass is 9.60. The molecule has 0 amide bonds. The Labute approximate surface area is 119 Å². The van der Waals surface area contributed by atoms with Crippen LogP contribution in [0, 0.1) is 5.41 Å². The maximum Gasteiger partial charge on any atom is 0.121 e. The van der Waals surface area contributed by atoms with Crippen molar-refractivity contribution in [3.05, 3.63) is 36.5 Å². The number of nitrogens with zero attached hydrogens (tertiary/aromatic N) is 1. The maximum absolute atomic E-state index is 10.1. The monoisotopic (exact) mass is 271 g/mol. The third-order valence-corrected chi connectivity index (χ3v) is 4.91. The van der Waals surface area contributed by atoms with E-state index in [2.05, 4.69) is 18.8 Å². The first-order chi connectivity index (χ1) is 9.69. The molecule has 2 atom stereocenters. The van der Waals surface area contributed by atoms with E-state index in [4.69, 9.17) is 4.74 Å². The number of aromatic nitrogens is 1. The fraction of sp³-hybridized carbons (Fsp3) is 0.471. The van der Waals surface area contributed by atoms with Crippen LogP contribution in [0.25, 0.3) is 10.9 Å². The van der Waals surface area contributed by atoms with E-state index in [1.54, 1.807) is 6.20 Å². The second kappa shape index (κ2) is 5.06. The lowest BCUT2D eigenvalue weighted by Gasteiger charge is -2.52. The molecule has 2 unspecified atom stereocenters. The summed E-state index contributed by atoms with van der Waals surface area (Å²) in [5, 5.41) is 11.2. The van der Waals surface area contributed by atoms with Crippen LogP contribution in [0.5, 0.6) is 5.75 Å². The van der Waals surface area contributed by atoms with Crippen LogP contribution in [0.2, 0.25) is 0 Å². The Morgan fingerprint density at radius 3 is 2.80 bits per heavy atom. The molecule has 0 radical (unpaired) electrons. The average Bonchev–Trinajstić information content (AvgIpc) is 2.48. The molecule has 0 spiro atoms. The fourth-order valence-electron chi connectivity index (χ4n) is 3.35. The van der Waals surface area contributed by atoms with Gasteiger partial charge < -0.3 is 9.84 Å². The minimum Gasteiger partial charge on any atom is -0.490 e. The second-order valence-electron chi connectivity index (χ2n) is 5.66. The Morgan fingerprint density at radius 2 is 2.10 bits per heavy atom. The molecule has 1 aromatic heterocycles. The molecular formula is C17H21NO2. The van der Waals surface area contributed by atoms with Crippen molar-refractivity contribution in [2.24, 2.45) is 5.41 Å². The third-order valence-electron chi connectivity index (χ3n) is 4.91. The quantitative estimate of drug-likeness (QED) is 0.924. The first-order valence-corrected chi connectivity index (χ1v) is 7.39. The molecule has 1 aliphatic carbocycles. The first kappa shape index (κ1) is 13.4. The molecule has 3 rings (SSSR count). The highest BCUT2D eigenvalue weighted by atomic mass is 16.5. The van der Waals surface area contributed by atoms with Crippen molar-refractivity contribution in [1.82, 2.24) is 4.98 Å². The van der Waals surface area contributed by atoms with Crippen molar-refractivity contribution in [3.8, 4) is 5.75 Å². The molecule has 1 aliphatic rings. The second-order valence-corrected chi connectivity index (χ2v) is 5.66. The highest BCUT2D eigenvalue weighted by Crippen LogP contribution is 2.48. The average molecular weight is 271 g/mol. The van der Waals surface area contributed by atoms with E-state index >= 15 is 0 Å². The zero-order valence-corrected chi connectivity index (χ0v) is 12.0. The highest BCUT2D eigenvalue weighted by molar-refractivity contribution is 5.79. The van der Waals surface area contributed by atoms with E-state index in [0.717, 1.165) is 35.9 Å². The normalized spacial score (nSPS) is 24.4. The zero-order valence-electron chi connectivity index (χ0n) is 12.0. The highest BCUT2D eigenvalue weighted by Gasteiger charge is 2.53. The molecule has 0 bridgehead atoms. The van der Waals surface area contributed by atoms with Crippen molar-refractivity contribution >= 4 is 10.9 Å². The Balaban J connectivity index is 1.83. The van der Waals surface area contributed by atoms with Gasteiger partial charge in [-0.1, -0.05) is 19.9 Å². The summed E-state index contributed by atoms with van der Waals surface area (Å²) in [5.74, 6) is 0.847. The molecule has 1 saturated carbocycles. The fourth-order valence-corrected chi connectivity index (χ4v) is 3.35. The van der Waals surface area contributed by atoms with Crippen molar-refractivity contribution < 1.29 is 9.84 Å². The summed E-state index contributed by atoms with van der Waals surface area (Å²) in [4.78, 5) is 4.36. The van der Waals surface area contributed by atoms with E-state index in [9.17, 15) is 5.11 Å². The van der Waals surface area contributed by atoms with Gasteiger partial charge >= 0.3 is 0 Å². The molecule has 3 heteroatoms. The Bertz CT molecular complexity index is 607. The topological polar surface area (TPSA) is 42.4 Å². The van der Waals surface area contributed by atoms with Gasteiger partial charge in [0.05, 0.1) is 11.6 Å². The predicted octanol–water partition coefficient (Wildman–Crippen LogP) is 3.55. The van der Waals surface area contributed by atoms with Gasteiger partial charge in [0.1, 0.15) is 11.9 Å². The van der Waals surface area contributed by atoms with Gasteiger partial charge in [-0.25, -0.2) is 0 Å². The van der Waals surface area contributed by atoms with Crippen LogP contribution < -0.4 is 4.74 Å². The SMILES string of the molecule is CCC1(CC)C(O)CC1Oc1ccc2cccnc2c1. The summed E-state index contributed by atoms with van der Waals surface area (Å²) >= 11 is 0. The number of fused-ring (bicyclic) bond motifs is 1. The van der Waals surface area contributed by atoms with Gasteiger partial charge in [0.25, 0.3) is 0 Å². The standard InChI is InChI=1S/C17H21NO2/c1-3-17(4-2)15(19)11-16(17)20-13-8-7-12-6-5-9-18-14(12)10-13/h5-10,15-16,19H,3-4,11H2,1-2H3. The molecule has 1 aromatic carbocycles. The van der Waals surface area contributed by atoms with Crippen molar-refractivity contribution in [2.45, 2.75) is 45.3 Å². The molecular weight excluding hydrogens is 250 g/mol. The molecule has 0 aliphatic heterocycles. The van der Waals surface area contributed by atoms with E-state index in [1.165, 1.54) is 0 Å². The summed E-state index contributed by atoms with van der Waals surface area (Å²) in [6.07, 6.45) is 4.28. The molecule has 3 nitrogen and oxygen atoms in total. The number of aliphatic hydroxyl groups excluding tert-OH is 1. The van der Waals surface area contributed by atoms with Gasteiger partial charge in [-0.3, -0.25) is 4.98 Å². The number of hydrogen-bond acceptors (Lipinski definition) is 3. The van der Waals surface area contributed by atoms with Crippen LogP contribution in [0.3, 0.4) is 0 Å². The minimum atomic E-state index is -0.235. The van der Waals surface area contributed by atoms with Crippen LogP contribution in [0.15, 0.2) is 36.5 Å². The number of pyridine rings is 1. The Hall–Kier alpha value is -1.61. The number of ether oxygens (including phenoxy) is 1. The smallest absolute Gasteiger partial charge is 0.121 e. The summed E-state index contributed by atoms with van der Waals surface area (Å²) in [7, 11) is 0. The van der Waals surface area contributed by atoms with Gasteiger partial charge in [-0.2, -0.15) is 0 Å². The molecule has 0 saturated heterocycles. The van der Waals surface area contributed by atoms with Gasteiger partial charge in [0.15, 0.2) is 0 Å². The summed E-state index contributed by atoms with van der Waals surface area (Å²) in [6, 6.07) is 9.99. The van der Waals surface area contributed by atoms with Crippen LogP contribution in [0.4, 0.5) is 0 Å². The lowest BCUT2D eigenvalue weighted by Crippen LogP contribution is -2.59. The van der Waals surface area contributed by atoms with Crippen molar-refractivity contribution in [2.75, 3.05) is 0 Å². The molecule has 1 fully saturated rings. The summed E-state index contributed by atoms with van der Waals surface area (Å²) in [5.41, 5.74) is 0.863. The Kier molecular flexibility index (Phi) is 3.38. The molecule has 106 valence electrons. The first-order valence-electron chi connectivity index (χ1n) is 7.39. The van der Waals surface area contributed by atoms with E-state index in [0.29, 0.717) is 0 Å². The largest absolute Gasteiger partial charge is 0.490 e. The number of benzene rings is 1. The van der Waals surface area contributed by atoms with Crippen molar-refractivity contribution in [3.63, 3.8) is 0 Å². The maximum atomic E-state index is 10.1. The summed E-state index contributed by atoms with van der Waals surface area (Å²) in [6.45, 7) is 4.26. The van der Waals surface area contributed by atoms with E-state index < -0.39 is 0 Å². The van der Waals surface area contributed by atoms with Crippen LogP contribution in [0.1, 0.15) is 33.1 Å². The summed E-state index contributed by atoms with van der Waals surface area (Å²) < 4.78 is 6.13. The van der Waals surface area contributed by atoms with E-state index in [1.807, 2.05) is 30.3 Å². The van der Waals surface area contributed by atoms with Gasteiger partial charge in [-0.05, 0) is 31.0 Å². The number of hydrogen-bond donors (Lipinski definition) is 1. The molecule has 2 aromatic rings. The predicted molar refractivity (Wildman–Crippen MR) is 79.8 cm³/mol. The van der Waals surface area contributed by atoms with Crippen LogP contribution >= 0.6 is 0 Å². The lowest BCUT2D eigenvalue weighted by molar-refractivity contribution is -0.159. The molecule has 1 N–H and O–H groups in total. The van der Waals surface area contributed by atoms with Crippen LogP contribution in [-0.4, -0.2) is 22.3 Å². The van der Waals surface area contributed by atoms with Gasteiger partial charge in [-0.15, -0.1) is 0 Å².